The standard InChI is InChI=1S/C19H22N4OS/c1-15-3-2-4-16(11-15)13-21-5-7-22(8-6-21)14-17-12-18(24)23-9-10-25-19(23)20-17/h2-4,9-12H,5-8,13-14H2,1H3/p+2. The highest BCUT2D eigenvalue weighted by molar-refractivity contribution is 7.15. The van der Waals surface area contributed by atoms with Gasteiger partial charge in [0.25, 0.3) is 5.56 Å². The van der Waals surface area contributed by atoms with E-state index in [9.17, 15) is 4.79 Å². The van der Waals surface area contributed by atoms with Gasteiger partial charge < -0.3 is 9.80 Å². The van der Waals surface area contributed by atoms with Crippen LogP contribution in [-0.2, 0) is 13.1 Å². The number of hydrogen-bond donors (Lipinski definition) is 2. The summed E-state index contributed by atoms with van der Waals surface area (Å²) in [5.41, 5.74) is 3.72. The lowest BCUT2D eigenvalue weighted by atomic mass is 10.1. The highest BCUT2D eigenvalue weighted by Crippen LogP contribution is 2.06. The molecule has 4 rings (SSSR count). The number of quaternary nitrogens is 2. The predicted molar refractivity (Wildman–Crippen MR) is 99.3 cm³/mol. The van der Waals surface area contributed by atoms with Crippen LogP contribution in [0.25, 0.3) is 4.96 Å². The normalized spacial score (nSPS) is 20.8. The fraction of sp³-hybridized carbons (Fsp3) is 0.368. The molecule has 0 amide bonds. The number of fused-ring (bicyclic) bond motifs is 1. The fourth-order valence-corrected chi connectivity index (χ4v) is 4.39. The van der Waals surface area contributed by atoms with E-state index < -0.39 is 0 Å². The summed E-state index contributed by atoms with van der Waals surface area (Å²) < 4.78 is 1.62. The first-order valence-electron chi connectivity index (χ1n) is 8.86. The van der Waals surface area contributed by atoms with Crippen LogP contribution in [0.2, 0.25) is 0 Å². The zero-order valence-corrected chi connectivity index (χ0v) is 15.3. The van der Waals surface area contributed by atoms with E-state index in [1.807, 2.05) is 5.38 Å². The minimum Gasteiger partial charge on any atom is -0.322 e. The molecule has 0 saturated carbocycles. The van der Waals surface area contributed by atoms with Gasteiger partial charge in [-0.15, -0.1) is 11.3 Å². The summed E-state index contributed by atoms with van der Waals surface area (Å²) in [6.07, 6.45) is 1.79. The largest absolute Gasteiger partial charge is 0.322 e. The van der Waals surface area contributed by atoms with Crippen molar-refractivity contribution in [1.29, 1.82) is 0 Å². The maximum Gasteiger partial charge on any atom is 0.258 e. The van der Waals surface area contributed by atoms with Crippen molar-refractivity contribution in [3.8, 4) is 0 Å². The van der Waals surface area contributed by atoms with Crippen molar-refractivity contribution < 1.29 is 9.80 Å². The molecular weight excluding hydrogens is 332 g/mol. The first kappa shape index (κ1) is 16.4. The van der Waals surface area contributed by atoms with E-state index in [1.165, 1.54) is 40.5 Å². The van der Waals surface area contributed by atoms with E-state index >= 15 is 0 Å². The lowest BCUT2D eigenvalue weighted by Crippen LogP contribution is -3.27. The van der Waals surface area contributed by atoms with Crippen molar-refractivity contribution >= 4 is 16.3 Å². The van der Waals surface area contributed by atoms with Crippen LogP contribution >= 0.6 is 11.3 Å². The first-order valence-corrected chi connectivity index (χ1v) is 9.74. The Morgan fingerprint density at radius 1 is 1.12 bits per heavy atom. The van der Waals surface area contributed by atoms with Gasteiger partial charge in [0.15, 0.2) is 4.96 Å². The van der Waals surface area contributed by atoms with Crippen molar-refractivity contribution in [2.45, 2.75) is 20.0 Å². The van der Waals surface area contributed by atoms with E-state index in [-0.39, 0.29) is 5.56 Å². The van der Waals surface area contributed by atoms with Crippen molar-refractivity contribution in [2.75, 3.05) is 26.2 Å². The molecule has 1 aliphatic heterocycles. The minimum atomic E-state index is 0.0318. The van der Waals surface area contributed by atoms with Gasteiger partial charge in [0, 0.05) is 23.2 Å². The maximum atomic E-state index is 12.1. The van der Waals surface area contributed by atoms with Gasteiger partial charge in [0.2, 0.25) is 0 Å². The van der Waals surface area contributed by atoms with Gasteiger partial charge in [-0.05, 0) is 6.92 Å². The molecule has 1 aliphatic rings. The molecule has 2 N–H and O–H groups in total. The first-order chi connectivity index (χ1) is 12.2. The summed E-state index contributed by atoms with van der Waals surface area (Å²) in [5, 5.41) is 1.91. The maximum absolute atomic E-state index is 12.1. The Morgan fingerprint density at radius 2 is 1.88 bits per heavy atom. The third-order valence-electron chi connectivity index (χ3n) is 4.99. The number of hydrogen-bond acceptors (Lipinski definition) is 3. The van der Waals surface area contributed by atoms with Crippen LogP contribution in [0.5, 0.6) is 0 Å². The number of nitrogens with one attached hydrogen (secondary N) is 2. The van der Waals surface area contributed by atoms with E-state index in [0.29, 0.717) is 0 Å². The molecule has 0 aliphatic carbocycles. The number of piperazine rings is 1. The SMILES string of the molecule is Cc1cccc(C[NH+]2CC[NH+](Cc3cc(=O)n4ccsc4n3)CC2)c1. The number of aromatic nitrogens is 2. The summed E-state index contributed by atoms with van der Waals surface area (Å²) in [4.78, 5) is 20.7. The molecule has 1 saturated heterocycles. The summed E-state index contributed by atoms with van der Waals surface area (Å²) in [6.45, 7) is 8.71. The highest BCUT2D eigenvalue weighted by atomic mass is 32.1. The average molecular weight is 356 g/mol. The highest BCUT2D eigenvalue weighted by Gasteiger charge is 2.23. The summed E-state index contributed by atoms with van der Waals surface area (Å²) >= 11 is 1.52. The molecule has 1 aromatic carbocycles. The quantitative estimate of drug-likeness (QED) is 0.665. The van der Waals surface area contributed by atoms with E-state index in [2.05, 4.69) is 36.2 Å². The lowest BCUT2D eigenvalue weighted by Gasteiger charge is -2.29. The molecule has 0 radical (unpaired) electrons. The molecule has 3 heterocycles. The van der Waals surface area contributed by atoms with Crippen LogP contribution in [-0.4, -0.2) is 35.6 Å². The molecule has 0 unspecified atom stereocenters. The molecule has 3 aromatic rings. The molecule has 130 valence electrons. The lowest BCUT2D eigenvalue weighted by molar-refractivity contribution is -1.02. The average Bonchev–Trinajstić information content (AvgIpc) is 3.06. The third kappa shape index (κ3) is 3.81. The fourth-order valence-electron chi connectivity index (χ4n) is 3.66. The van der Waals surface area contributed by atoms with Crippen molar-refractivity contribution in [2.24, 2.45) is 0 Å². The smallest absolute Gasteiger partial charge is 0.258 e. The summed E-state index contributed by atoms with van der Waals surface area (Å²) in [6, 6.07) is 10.5. The zero-order chi connectivity index (χ0) is 17.2. The molecule has 0 spiro atoms. The van der Waals surface area contributed by atoms with Gasteiger partial charge >= 0.3 is 0 Å². The number of aryl methyl sites for hydroxylation is 1. The number of thiazole rings is 1. The van der Waals surface area contributed by atoms with Crippen LogP contribution < -0.4 is 15.4 Å². The van der Waals surface area contributed by atoms with Gasteiger partial charge in [-0.25, -0.2) is 4.98 Å². The predicted octanol–water partition coefficient (Wildman–Crippen LogP) is -0.452. The van der Waals surface area contributed by atoms with Crippen LogP contribution in [0.3, 0.4) is 0 Å². The van der Waals surface area contributed by atoms with Crippen molar-refractivity contribution in [3.05, 3.63) is 69.1 Å². The van der Waals surface area contributed by atoms with E-state index in [1.54, 1.807) is 21.6 Å². The van der Waals surface area contributed by atoms with Crippen LogP contribution in [0.1, 0.15) is 16.8 Å². The minimum absolute atomic E-state index is 0.0318. The van der Waals surface area contributed by atoms with Crippen molar-refractivity contribution in [3.63, 3.8) is 0 Å². The second-order valence-corrected chi connectivity index (χ2v) is 7.86. The molecule has 6 heteroatoms. The van der Waals surface area contributed by atoms with E-state index in [4.69, 9.17) is 0 Å². The van der Waals surface area contributed by atoms with Crippen LogP contribution in [0, 0.1) is 6.92 Å². The Hall–Kier alpha value is -2.02. The van der Waals surface area contributed by atoms with Gasteiger partial charge in [-0.1, -0.05) is 29.8 Å². The van der Waals surface area contributed by atoms with Gasteiger partial charge in [0.1, 0.15) is 45.0 Å². The number of rotatable bonds is 4. The number of benzene rings is 1. The Labute approximate surface area is 151 Å². The Morgan fingerprint density at radius 3 is 2.64 bits per heavy atom. The van der Waals surface area contributed by atoms with Gasteiger partial charge in [0.05, 0.1) is 0 Å². The number of nitrogens with zero attached hydrogens (tertiary/aromatic N) is 2. The molecule has 5 nitrogen and oxygen atoms in total. The summed E-state index contributed by atoms with van der Waals surface area (Å²) in [7, 11) is 0. The topological polar surface area (TPSA) is 43.2 Å². The van der Waals surface area contributed by atoms with Crippen LogP contribution in [0.15, 0.2) is 46.7 Å². The molecule has 0 bridgehead atoms. The van der Waals surface area contributed by atoms with Gasteiger partial charge in [-0.2, -0.15) is 0 Å². The monoisotopic (exact) mass is 356 g/mol. The Bertz CT molecular complexity index is 924. The zero-order valence-electron chi connectivity index (χ0n) is 14.5. The Kier molecular flexibility index (Phi) is 4.65. The molecular formula is C19H24N4OS+2. The Balaban J connectivity index is 1.36. The van der Waals surface area contributed by atoms with Crippen molar-refractivity contribution in [1.82, 2.24) is 9.38 Å². The summed E-state index contributed by atoms with van der Waals surface area (Å²) in [5.74, 6) is 0. The molecule has 0 atom stereocenters. The van der Waals surface area contributed by atoms with Crippen LogP contribution in [0.4, 0.5) is 0 Å². The van der Waals surface area contributed by atoms with E-state index in [0.717, 1.165) is 36.8 Å². The molecule has 1 fully saturated rings. The second-order valence-electron chi connectivity index (χ2n) is 6.98. The van der Waals surface area contributed by atoms with Gasteiger partial charge in [-0.3, -0.25) is 9.20 Å². The third-order valence-corrected chi connectivity index (χ3v) is 5.74. The second kappa shape index (κ2) is 7.07. The molecule has 25 heavy (non-hydrogen) atoms. The molecule has 2 aromatic heterocycles.